The standard InChI is InChI=1S/C16H20O3S/c17-12-13-2-1-3-14(10-13)19-15-4-7-18-16(11-15)5-8-20-9-6-16/h1-3,10,12,15H,4-9,11H2. The van der Waals surface area contributed by atoms with Gasteiger partial charge in [0.1, 0.15) is 18.1 Å². The highest BCUT2D eigenvalue weighted by atomic mass is 32.2. The molecule has 0 amide bonds. The number of aldehydes is 1. The molecule has 1 aromatic rings. The van der Waals surface area contributed by atoms with E-state index in [-0.39, 0.29) is 11.7 Å². The van der Waals surface area contributed by atoms with Crippen molar-refractivity contribution in [2.75, 3.05) is 18.1 Å². The van der Waals surface area contributed by atoms with Crippen LogP contribution in [0.3, 0.4) is 0 Å². The van der Waals surface area contributed by atoms with Gasteiger partial charge in [0.15, 0.2) is 0 Å². The quantitative estimate of drug-likeness (QED) is 0.801. The highest BCUT2D eigenvalue weighted by Gasteiger charge is 2.39. The van der Waals surface area contributed by atoms with E-state index in [9.17, 15) is 4.79 Å². The summed E-state index contributed by atoms with van der Waals surface area (Å²) >= 11 is 2.01. The van der Waals surface area contributed by atoms with Crippen LogP contribution in [0.4, 0.5) is 0 Å². The molecule has 2 saturated heterocycles. The molecule has 3 nitrogen and oxygen atoms in total. The fraction of sp³-hybridized carbons (Fsp3) is 0.562. The van der Waals surface area contributed by atoms with Gasteiger partial charge in [-0.25, -0.2) is 0 Å². The number of rotatable bonds is 3. The van der Waals surface area contributed by atoms with E-state index in [1.54, 1.807) is 6.07 Å². The maximum atomic E-state index is 10.8. The Kier molecular flexibility index (Phi) is 4.32. The molecule has 0 bridgehead atoms. The second-order valence-electron chi connectivity index (χ2n) is 5.57. The molecular weight excluding hydrogens is 272 g/mol. The lowest BCUT2D eigenvalue weighted by molar-refractivity contribution is -0.116. The number of ether oxygens (including phenoxy) is 2. The van der Waals surface area contributed by atoms with E-state index in [1.807, 2.05) is 30.0 Å². The van der Waals surface area contributed by atoms with Crippen LogP contribution >= 0.6 is 11.8 Å². The Morgan fingerprint density at radius 3 is 3.00 bits per heavy atom. The Morgan fingerprint density at radius 1 is 1.35 bits per heavy atom. The van der Waals surface area contributed by atoms with Crippen molar-refractivity contribution in [2.24, 2.45) is 0 Å². The summed E-state index contributed by atoms with van der Waals surface area (Å²) in [5.74, 6) is 3.17. The zero-order chi connectivity index (χ0) is 13.8. The molecular formula is C16H20O3S. The topological polar surface area (TPSA) is 35.5 Å². The van der Waals surface area contributed by atoms with Gasteiger partial charge in [-0.05, 0) is 36.5 Å². The predicted octanol–water partition coefficient (Wildman–Crippen LogP) is 3.32. The summed E-state index contributed by atoms with van der Waals surface area (Å²) < 4.78 is 12.1. The molecule has 20 heavy (non-hydrogen) atoms. The molecule has 2 heterocycles. The van der Waals surface area contributed by atoms with Gasteiger partial charge in [0.05, 0.1) is 12.2 Å². The summed E-state index contributed by atoms with van der Waals surface area (Å²) in [6.07, 6.45) is 5.22. The van der Waals surface area contributed by atoms with Crippen molar-refractivity contribution in [1.82, 2.24) is 0 Å². The third-order valence-corrected chi connectivity index (χ3v) is 5.13. The molecule has 0 N–H and O–H groups in total. The van der Waals surface area contributed by atoms with Crippen molar-refractivity contribution in [3.05, 3.63) is 29.8 Å². The second kappa shape index (κ2) is 6.19. The molecule has 108 valence electrons. The first-order valence-corrected chi connectivity index (χ1v) is 8.39. The third-order valence-electron chi connectivity index (χ3n) is 4.15. The van der Waals surface area contributed by atoms with Crippen molar-refractivity contribution in [3.63, 3.8) is 0 Å². The van der Waals surface area contributed by atoms with Gasteiger partial charge in [-0.2, -0.15) is 11.8 Å². The minimum Gasteiger partial charge on any atom is -0.490 e. The van der Waals surface area contributed by atoms with Crippen molar-refractivity contribution < 1.29 is 14.3 Å². The summed E-state index contributed by atoms with van der Waals surface area (Å²) in [6.45, 7) is 0.780. The van der Waals surface area contributed by atoms with Gasteiger partial charge in [0.2, 0.25) is 0 Å². The first-order valence-electron chi connectivity index (χ1n) is 7.23. The number of carbonyl (C=O) groups excluding carboxylic acids is 1. The Morgan fingerprint density at radius 2 is 2.20 bits per heavy atom. The molecule has 0 aliphatic carbocycles. The van der Waals surface area contributed by atoms with E-state index < -0.39 is 0 Å². The fourth-order valence-electron chi connectivity index (χ4n) is 3.03. The molecule has 0 aromatic heterocycles. The summed E-state index contributed by atoms with van der Waals surface area (Å²) in [5, 5.41) is 0. The molecule has 1 unspecified atom stereocenters. The smallest absolute Gasteiger partial charge is 0.150 e. The number of hydrogen-bond acceptors (Lipinski definition) is 4. The first kappa shape index (κ1) is 14.0. The summed E-state index contributed by atoms with van der Waals surface area (Å²) in [6, 6.07) is 7.40. The summed E-state index contributed by atoms with van der Waals surface area (Å²) in [5.41, 5.74) is 0.703. The van der Waals surface area contributed by atoms with Crippen LogP contribution in [0.1, 0.15) is 36.0 Å². The SMILES string of the molecule is O=Cc1cccc(OC2CCOC3(CCSCC3)C2)c1. The Balaban J connectivity index is 1.66. The van der Waals surface area contributed by atoms with Gasteiger partial charge in [-0.1, -0.05) is 12.1 Å². The Hall–Kier alpha value is -1.00. The van der Waals surface area contributed by atoms with E-state index in [0.29, 0.717) is 5.56 Å². The molecule has 0 radical (unpaired) electrons. The third kappa shape index (κ3) is 3.18. The highest BCUT2D eigenvalue weighted by Crippen LogP contribution is 2.38. The number of carbonyl (C=O) groups is 1. The minimum absolute atomic E-state index is 0.0381. The molecule has 2 aliphatic heterocycles. The van der Waals surface area contributed by atoms with Crippen LogP contribution in [-0.2, 0) is 4.74 Å². The monoisotopic (exact) mass is 292 g/mol. The molecule has 1 atom stereocenters. The first-order chi connectivity index (χ1) is 9.80. The van der Waals surface area contributed by atoms with Crippen molar-refractivity contribution in [2.45, 2.75) is 37.4 Å². The molecule has 1 spiro atoms. The molecule has 4 heteroatoms. The van der Waals surface area contributed by atoms with Crippen molar-refractivity contribution >= 4 is 18.0 Å². The van der Waals surface area contributed by atoms with E-state index >= 15 is 0 Å². The van der Waals surface area contributed by atoms with E-state index in [2.05, 4.69) is 0 Å². The fourth-order valence-corrected chi connectivity index (χ4v) is 4.27. The van der Waals surface area contributed by atoms with Crippen LogP contribution in [0.15, 0.2) is 24.3 Å². The van der Waals surface area contributed by atoms with E-state index in [1.165, 1.54) is 11.5 Å². The zero-order valence-electron chi connectivity index (χ0n) is 11.5. The molecule has 2 fully saturated rings. The molecule has 0 saturated carbocycles. The molecule has 1 aromatic carbocycles. The van der Waals surface area contributed by atoms with Gasteiger partial charge in [-0.15, -0.1) is 0 Å². The maximum absolute atomic E-state index is 10.8. The van der Waals surface area contributed by atoms with Gasteiger partial charge in [0.25, 0.3) is 0 Å². The van der Waals surface area contributed by atoms with Gasteiger partial charge >= 0.3 is 0 Å². The second-order valence-corrected chi connectivity index (χ2v) is 6.79. The van der Waals surface area contributed by atoms with E-state index in [4.69, 9.17) is 9.47 Å². The Bertz CT molecular complexity index is 463. The lowest BCUT2D eigenvalue weighted by Crippen LogP contribution is -2.46. The zero-order valence-corrected chi connectivity index (χ0v) is 12.4. The Labute approximate surface area is 124 Å². The van der Waals surface area contributed by atoms with Gasteiger partial charge < -0.3 is 9.47 Å². The minimum atomic E-state index is 0.0381. The van der Waals surface area contributed by atoms with Crippen molar-refractivity contribution in [1.29, 1.82) is 0 Å². The average Bonchev–Trinajstić information content (AvgIpc) is 2.48. The average molecular weight is 292 g/mol. The normalized spacial score (nSPS) is 25.3. The molecule has 3 rings (SSSR count). The number of benzene rings is 1. The number of hydrogen-bond donors (Lipinski definition) is 0. The van der Waals surface area contributed by atoms with Gasteiger partial charge in [-0.3, -0.25) is 4.79 Å². The van der Waals surface area contributed by atoms with Gasteiger partial charge in [0, 0.05) is 18.4 Å². The lowest BCUT2D eigenvalue weighted by Gasteiger charge is -2.43. The maximum Gasteiger partial charge on any atom is 0.150 e. The van der Waals surface area contributed by atoms with Crippen LogP contribution in [0.2, 0.25) is 0 Å². The van der Waals surface area contributed by atoms with Crippen LogP contribution in [-0.4, -0.2) is 36.1 Å². The van der Waals surface area contributed by atoms with Crippen LogP contribution < -0.4 is 4.74 Å². The summed E-state index contributed by atoms with van der Waals surface area (Å²) in [7, 11) is 0. The molecule has 2 aliphatic rings. The lowest BCUT2D eigenvalue weighted by atomic mass is 9.86. The van der Waals surface area contributed by atoms with Crippen LogP contribution in [0.5, 0.6) is 5.75 Å². The summed E-state index contributed by atoms with van der Waals surface area (Å²) in [4.78, 5) is 10.8. The highest BCUT2D eigenvalue weighted by molar-refractivity contribution is 7.99. The predicted molar refractivity (Wildman–Crippen MR) is 80.7 cm³/mol. The van der Waals surface area contributed by atoms with E-state index in [0.717, 1.165) is 44.3 Å². The van der Waals surface area contributed by atoms with Crippen molar-refractivity contribution in [3.8, 4) is 5.75 Å². The van der Waals surface area contributed by atoms with Crippen LogP contribution in [0.25, 0.3) is 0 Å². The largest absolute Gasteiger partial charge is 0.490 e. The van der Waals surface area contributed by atoms with Crippen LogP contribution in [0, 0.1) is 0 Å². The number of thioether (sulfide) groups is 1.